The number of carbonyl (C=O) groups excluding carboxylic acids is 3. The van der Waals surface area contributed by atoms with Crippen LogP contribution < -0.4 is 9.64 Å². The Hall–Kier alpha value is -2.43. The molecule has 4 rings (SSSR count). The van der Waals surface area contributed by atoms with Crippen molar-refractivity contribution < 1.29 is 33.7 Å². The largest absolute Gasteiger partial charge is 0.497 e. The lowest BCUT2D eigenvalue weighted by Gasteiger charge is -2.37. The number of esters is 1. The molecule has 9 nitrogen and oxygen atoms in total. The van der Waals surface area contributed by atoms with Gasteiger partial charge in [-0.1, -0.05) is 22.0 Å². The lowest BCUT2D eigenvalue weighted by molar-refractivity contribution is -0.154. The van der Waals surface area contributed by atoms with Crippen LogP contribution >= 0.6 is 15.9 Å². The quantitative estimate of drug-likeness (QED) is 0.176. The van der Waals surface area contributed by atoms with Crippen LogP contribution in [0, 0.1) is 11.8 Å². The van der Waals surface area contributed by atoms with E-state index in [0.29, 0.717) is 43.7 Å². The number of methoxy groups -OCH3 is 1. The second-order valence-electron chi connectivity index (χ2n) is 9.67. The Kier molecular flexibility index (Phi) is 8.60. The number of nitrogens with zero attached hydrogens (tertiary/aromatic N) is 2. The summed E-state index contributed by atoms with van der Waals surface area (Å²) in [7, 11) is 1.57. The van der Waals surface area contributed by atoms with Gasteiger partial charge in [0, 0.05) is 30.2 Å². The van der Waals surface area contributed by atoms with E-state index in [2.05, 4.69) is 22.5 Å². The van der Waals surface area contributed by atoms with Crippen LogP contribution in [-0.4, -0.2) is 83.8 Å². The Morgan fingerprint density at radius 2 is 2.03 bits per heavy atom. The molecular formula is C27H35BrN2O7. The molecule has 1 spiro atoms. The van der Waals surface area contributed by atoms with Crippen LogP contribution in [0.4, 0.5) is 5.69 Å². The molecule has 1 aromatic rings. The zero-order valence-electron chi connectivity index (χ0n) is 21.3. The highest BCUT2D eigenvalue weighted by Crippen LogP contribution is 2.60. The van der Waals surface area contributed by atoms with E-state index in [1.54, 1.807) is 54.2 Å². The first-order chi connectivity index (χ1) is 17.8. The molecule has 3 fully saturated rings. The molecule has 0 saturated carbocycles. The number of unbranched alkanes of at least 4 members (excludes halogenated alkanes) is 2. The van der Waals surface area contributed by atoms with E-state index in [0.717, 1.165) is 0 Å². The summed E-state index contributed by atoms with van der Waals surface area (Å²) in [4.78, 5) is 44.3. The average Bonchev–Trinajstić information content (AvgIpc) is 3.48. The van der Waals surface area contributed by atoms with Gasteiger partial charge in [0.2, 0.25) is 5.91 Å². The Labute approximate surface area is 225 Å². The molecule has 1 aromatic carbocycles. The number of aliphatic hydroxyl groups is 1. The summed E-state index contributed by atoms with van der Waals surface area (Å²) in [6.07, 6.45) is 3.46. The van der Waals surface area contributed by atoms with Gasteiger partial charge < -0.3 is 29.1 Å². The highest BCUT2D eigenvalue weighted by molar-refractivity contribution is 9.09. The van der Waals surface area contributed by atoms with Crippen molar-refractivity contribution in [1.29, 1.82) is 0 Å². The number of anilines is 1. The van der Waals surface area contributed by atoms with E-state index < -0.39 is 35.6 Å². The predicted molar refractivity (Wildman–Crippen MR) is 141 cm³/mol. The lowest BCUT2D eigenvalue weighted by atomic mass is 9.70. The minimum atomic E-state index is -1.15. The molecule has 3 aliphatic rings. The maximum absolute atomic E-state index is 14.4. The van der Waals surface area contributed by atoms with Crippen LogP contribution in [0.25, 0.3) is 0 Å². The fraction of sp³-hybridized carbons (Fsp3) is 0.593. The highest BCUT2D eigenvalue weighted by atomic mass is 79.9. The van der Waals surface area contributed by atoms with Crippen molar-refractivity contribution in [3.05, 3.63) is 36.9 Å². The number of fused-ring (bicyclic) bond motifs is 1. The minimum Gasteiger partial charge on any atom is -0.497 e. The van der Waals surface area contributed by atoms with Crippen LogP contribution in [0.2, 0.25) is 0 Å². The molecule has 2 bridgehead atoms. The summed E-state index contributed by atoms with van der Waals surface area (Å²) >= 11 is 3.66. The Morgan fingerprint density at radius 3 is 2.65 bits per heavy atom. The molecule has 0 radical (unpaired) electrons. The monoisotopic (exact) mass is 578 g/mol. The molecule has 10 heteroatoms. The summed E-state index contributed by atoms with van der Waals surface area (Å²) in [5.74, 6) is -1.92. The molecular weight excluding hydrogens is 544 g/mol. The Balaban J connectivity index is 1.74. The van der Waals surface area contributed by atoms with Gasteiger partial charge in [0.15, 0.2) is 0 Å². The zero-order valence-corrected chi connectivity index (χ0v) is 22.9. The van der Waals surface area contributed by atoms with Crippen LogP contribution in [0.3, 0.4) is 0 Å². The Bertz CT molecular complexity index is 1020. The van der Waals surface area contributed by atoms with E-state index in [1.165, 1.54) is 0 Å². The van der Waals surface area contributed by atoms with Gasteiger partial charge in [-0.3, -0.25) is 14.4 Å². The van der Waals surface area contributed by atoms with E-state index >= 15 is 0 Å². The first kappa shape index (κ1) is 27.6. The van der Waals surface area contributed by atoms with Crippen LogP contribution in [-0.2, 0) is 23.9 Å². The maximum atomic E-state index is 14.4. The molecule has 3 saturated heterocycles. The zero-order chi connectivity index (χ0) is 26.7. The van der Waals surface area contributed by atoms with Crippen molar-refractivity contribution in [3.8, 4) is 5.75 Å². The molecule has 6 atom stereocenters. The molecule has 3 aliphatic heterocycles. The van der Waals surface area contributed by atoms with Crippen LogP contribution in [0.1, 0.15) is 32.6 Å². The summed E-state index contributed by atoms with van der Waals surface area (Å²) < 4.78 is 17.1. The van der Waals surface area contributed by atoms with Crippen LogP contribution in [0.15, 0.2) is 36.9 Å². The molecule has 0 aliphatic carbocycles. The summed E-state index contributed by atoms with van der Waals surface area (Å²) in [5, 5.41) is 9.20. The number of alkyl halides is 1. The van der Waals surface area contributed by atoms with Crippen molar-refractivity contribution in [2.75, 3.05) is 38.3 Å². The van der Waals surface area contributed by atoms with Gasteiger partial charge in [-0.05, 0) is 56.9 Å². The summed E-state index contributed by atoms with van der Waals surface area (Å²) in [6.45, 7) is 6.38. The van der Waals surface area contributed by atoms with Gasteiger partial charge in [-0.25, -0.2) is 0 Å². The fourth-order valence-corrected chi connectivity index (χ4v) is 7.03. The second kappa shape index (κ2) is 11.5. The summed E-state index contributed by atoms with van der Waals surface area (Å²) in [6, 6.07) is 6.22. The molecule has 0 aromatic heterocycles. The third kappa shape index (κ3) is 4.79. The van der Waals surface area contributed by atoms with Gasteiger partial charge in [-0.2, -0.15) is 0 Å². The topological polar surface area (TPSA) is 106 Å². The molecule has 1 N–H and O–H groups in total. The van der Waals surface area contributed by atoms with Gasteiger partial charge >= 0.3 is 5.97 Å². The number of benzene rings is 1. The number of ether oxygens (including phenoxy) is 3. The number of likely N-dealkylation sites (tertiary alicyclic amines) is 1. The summed E-state index contributed by atoms with van der Waals surface area (Å²) in [5.41, 5.74) is -0.504. The standard InChI is InChI=1S/C27H35BrN2O7/c1-4-13-29(17-9-11-18(35-3)12-10-17)25(33)23-27-16-19(28)22(37-27)20(26(34)36-5-2)21(27)24(32)30(23)14-7-6-8-15-31/h4,9-12,19-23,31H,1,5-8,13-16H2,2-3H3/t19?,20-,21+,22-,23-,27+/m1/s1. The molecule has 37 heavy (non-hydrogen) atoms. The van der Waals surface area contributed by atoms with E-state index in [4.69, 9.17) is 14.2 Å². The average molecular weight is 579 g/mol. The molecule has 202 valence electrons. The lowest BCUT2D eigenvalue weighted by Crippen LogP contribution is -2.57. The normalized spacial score (nSPS) is 29.8. The van der Waals surface area contributed by atoms with Crippen molar-refractivity contribution in [2.24, 2.45) is 11.8 Å². The van der Waals surface area contributed by atoms with Crippen LogP contribution in [0.5, 0.6) is 5.75 Å². The number of hydrogen-bond donors (Lipinski definition) is 1. The van der Waals surface area contributed by atoms with Gasteiger partial charge in [0.1, 0.15) is 17.4 Å². The minimum absolute atomic E-state index is 0.0639. The SMILES string of the molecule is C=CCN(C(=O)[C@H]1N(CCCCCO)C(=O)[C@@H]2[C@@H](C(=O)OCC)[C@@H]3O[C@@]21CC3Br)c1ccc(OC)cc1. The third-order valence-electron chi connectivity index (χ3n) is 7.60. The number of aliphatic hydroxyl groups excluding tert-OH is 1. The Morgan fingerprint density at radius 1 is 1.30 bits per heavy atom. The predicted octanol–water partition coefficient (Wildman–Crippen LogP) is 2.69. The number of rotatable bonds is 12. The third-order valence-corrected chi connectivity index (χ3v) is 8.45. The van der Waals surface area contributed by atoms with E-state index in [-0.39, 0.29) is 36.4 Å². The number of carbonyl (C=O) groups is 3. The molecule has 3 heterocycles. The first-order valence-corrected chi connectivity index (χ1v) is 13.7. The number of halogens is 1. The van der Waals surface area contributed by atoms with Gasteiger partial charge in [0.25, 0.3) is 5.91 Å². The van der Waals surface area contributed by atoms with Gasteiger partial charge in [-0.15, -0.1) is 6.58 Å². The second-order valence-corrected chi connectivity index (χ2v) is 10.8. The first-order valence-electron chi connectivity index (χ1n) is 12.8. The maximum Gasteiger partial charge on any atom is 0.312 e. The molecule has 1 unspecified atom stereocenters. The highest BCUT2D eigenvalue weighted by Gasteiger charge is 2.77. The van der Waals surface area contributed by atoms with E-state index in [1.807, 2.05) is 0 Å². The van der Waals surface area contributed by atoms with Crippen molar-refractivity contribution in [1.82, 2.24) is 4.90 Å². The van der Waals surface area contributed by atoms with Gasteiger partial charge in [0.05, 0.1) is 31.7 Å². The van der Waals surface area contributed by atoms with E-state index in [9.17, 15) is 19.5 Å². The number of amides is 2. The smallest absolute Gasteiger partial charge is 0.312 e. The number of hydrogen-bond acceptors (Lipinski definition) is 7. The molecule has 2 amide bonds. The van der Waals surface area contributed by atoms with Crippen molar-refractivity contribution in [3.63, 3.8) is 0 Å². The van der Waals surface area contributed by atoms with Crippen molar-refractivity contribution in [2.45, 2.75) is 55.2 Å². The van der Waals surface area contributed by atoms with Crippen molar-refractivity contribution >= 4 is 39.4 Å². The fourth-order valence-electron chi connectivity index (χ4n) is 6.09.